The maximum Gasteiger partial charge on any atom is 0.159 e. The van der Waals surface area contributed by atoms with E-state index in [4.69, 9.17) is 0 Å². The smallest absolute Gasteiger partial charge is 0.159 e. The van der Waals surface area contributed by atoms with E-state index in [1.54, 1.807) is 6.08 Å². The molecule has 1 aliphatic heterocycles. The Morgan fingerprint density at radius 2 is 2.40 bits per heavy atom. The van der Waals surface area contributed by atoms with Gasteiger partial charge in [0.2, 0.25) is 0 Å². The van der Waals surface area contributed by atoms with Crippen LogP contribution in [-0.2, 0) is 4.79 Å². The number of carbonyl (C=O) groups is 1. The maximum absolute atomic E-state index is 11.2. The van der Waals surface area contributed by atoms with Crippen molar-refractivity contribution in [1.82, 2.24) is 0 Å². The first kappa shape index (κ1) is 6.47. The Kier molecular flexibility index (Phi) is 1.57. The fourth-order valence-corrected chi connectivity index (χ4v) is 3.13. The number of hydrogen-bond donors (Lipinski definition) is 0. The van der Waals surface area contributed by atoms with Crippen LogP contribution < -0.4 is 0 Å². The van der Waals surface area contributed by atoms with Crippen LogP contribution in [0.2, 0.25) is 0 Å². The molecule has 0 aromatic carbocycles. The molecule has 1 heterocycles. The predicted molar refractivity (Wildman–Crippen MR) is 43.1 cm³/mol. The first-order chi connectivity index (χ1) is 4.88. The third kappa shape index (κ3) is 0.908. The Labute approximate surface area is 64.9 Å². The van der Waals surface area contributed by atoms with Gasteiger partial charge in [0.15, 0.2) is 5.78 Å². The van der Waals surface area contributed by atoms with E-state index in [1.807, 2.05) is 17.8 Å². The van der Waals surface area contributed by atoms with Crippen molar-refractivity contribution < 1.29 is 4.79 Å². The zero-order valence-corrected chi connectivity index (χ0v) is 6.56. The minimum absolute atomic E-state index is 0.362. The molecule has 1 nitrogen and oxygen atoms in total. The lowest BCUT2D eigenvalue weighted by atomic mass is 9.85. The normalized spacial score (nSPS) is 38.2. The van der Waals surface area contributed by atoms with E-state index in [9.17, 15) is 4.79 Å². The molecule has 0 aromatic rings. The lowest BCUT2D eigenvalue weighted by molar-refractivity contribution is -0.119. The molecule has 1 aliphatic carbocycles. The van der Waals surface area contributed by atoms with Crippen molar-refractivity contribution in [3.63, 3.8) is 0 Å². The van der Waals surface area contributed by atoms with Crippen molar-refractivity contribution in [3.05, 3.63) is 12.2 Å². The van der Waals surface area contributed by atoms with Gasteiger partial charge in [-0.1, -0.05) is 6.08 Å². The van der Waals surface area contributed by atoms with Crippen LogP contribution in [0, 0.1) is 11.8 Å². The van der Waals surface area contributed by atoms with E-state index in [2.05, 4.69) is 0 Å². The molecule has 54 valence electrons. The van der Waals surface area contributed by atoms with Crippen molar-refractivity contribution >= 4 is 17.5 Å². The van der Waals surface area contributed by atoms with Crippen LogP contribution >= 0.6 is 11.8 Å². The number of thioether (sulfide) groups is 1. The van der Waals surface area contributed by atoms with Gasteiger partial charge in [0.1, 0.15) is 0 Å². The second kappa shape index (κ2) is 2.42. The Morgan fingerprint density at radius 1 is 1.50 bits per heavy atom. The minimum atomic E-state index is 0.362. The molecule has 0 aromatic heterocycles. The maximum atomic E-state index is 11.2. The number of rotatable bonds is 0. The summed E-state index contributed by atoms with van der Waals surface area (Å²) in [5.41, 5.74) is 0. The fourth-order valence-electron chi connectivity index (χ4n) is 1.63. The molecule has 0 spiro atoms. The van der Waals surface area contributed by atoms with E-state index in [-0.39, 0.29) is 0 Å². The van der Waals surface area contributed by atoms with E-state index in [0.29, 0.717) is 17.6 Å². The summed E-state index contributed by atoms with van der Waals surface area (Å²) in [6, 6.07) is 0. The van der Waals surface area contributed by atoms with Crippen LogP contribution in [0.3, 0.4) is 0 Å². The molecule has 10 heavy (non-hydrogen) atoms. The van der Waals surface area contributed by atoms with Crippen LogP contribution in [0.15, 0.2) is 12.2 Å². The Hall–Kier alpha value is -0.240. The molecule has 0 saturated carbocycles. The fraction of sp³-hybridized carbons (Fsp3) is 0.625. The van der Waals surface area contributed by atoms with Crippen molar-refractivity contribution in [2.24, 2.45) is 11.8 Å². The monoisotopic (exact) mass is 154 g/mol. The van der Waals surface area contributed by atoms with Gasteiger partial charge in [-0.2, -0.15) is 11.8 Å². The van der Waals surface area contributed by atoms with Gasteiger partial charge in [-0.25, -0.2) is 0 Å². The third-order valence-corrected chi connectivity index (χ3v) is 3.54. The topological polar surface area (TPSA) is 17.1 Å². The first-order valence-corrected chi connectivity index (χ1v) is 4.81. The van der Waals surface area contributed by atoms with E-state index in [0.717, 1.165) is 12.2 Å². The SMILES string of the molecule is O=C1C=CCC2CSC[C@@H]12. The molecule has 0 N–H and O–H groups in total. The number of hydrogen-bond acceptors (Lipinski definition) is 2. The first-order valence-electron chi connectivity index (χ1n) is 3.66. The molecule has 0 radical (unpaired) electrons. The summed E-state index contributed by atoms with van der Waals surface area (Å²) in [6.45, 7) is 0. The third-order valence-electron chi connectivity index (χ3n) is 2.28. The number of allylic oxidation sites excluding steroid dienone is 2. The highest BCUT2D eigenvalue weighted by Gasteiger charge is 2.33. The molecule has 0 amide bonds. The van der Waals surface area contributed by atoms with Crippen LogP contribution in [0.1, 0.15) is 6.42 Å². The molecule has 1 saturated heterocycles. The average molecular weight is 154 g/mol. The molecule has 0 bridgehead atoms. The summed E-state index contributed by atoms with van der Waals surface area (Å²) in [6.07, 6.45) is 4.91. The van der Waals surface area contributed by atoms with Crippen LogP contribution in [0.4, 0.5) is 0 Å². The summed E-state index contributed by atoms with van der Waals surface area (Å²) in [7, 11) is 0. The highest BCUT2D eigenvalue weighted by molar-refractivity contribution is 7.99. The van der Waals surface area contributed by atoms with Crippen molar-refractivity contribution in [2.75, 3.05) is 11.5 Å². The summed E-state index contributed by atoms with van der Waals surface area (Å²) >= 11 is 1.92. The van der Waals surface area contributed by atoms with Crippen LogP contribution in [0.25, 0.3) is 0 Å². The van der Waals surface area contributed by atoms with Gasteiger partial charge >= 0.3 is 0 Å². The van der Waals surface area contributed by atoms with Gasteiger partial charge < -0.3 is 0 Å². The van der Waals surface area contributed by atoms with Gasteiger partial charge in [-0.05, 0) is 24.2 Å². The summed E-state index contributed by atoms with van der Waals surface area (Å²) < 4.78 is 0. The zero-order chi connectivity index (χ0) is 6.97. The second-order valence-corrected chi connectivity index (χ2v) is 4.02. The van der Waals surface area contributed by atoms with Crippen molar-refractivity contribution in [3.8, 4) is 0 Å². The Bertz CT molecular complexity index is 186. The largest absolute Gasteiger partial charge is 0.295 e. The zero-order valence-electron chi connectivity index (χ0n) is 5.75. The molecule has 1 unspecified atom stereocenters. The molecular weight excluding hydrogens is 144 g/mol. The van der Waals surface area contributed by atoms with Crippen LogP contribution in [0.5, 0.6) is 0 Å². The predicted octanol–water partition coefficient (Wildman–Crippen LogP) is 1.49. The summed E-state index contributed by atoms with van der Waals surface area (Å²) in [5.74, 6) is 3.66. The lowest BCUT2D eigenvalue weighted by Crippen LogP contribution is -2.23. The van der Waals surface area contributed by atoms with Gasteiger partial charge in [0.05, 0.1) is 0 Å². The molecule has 2 aliphatic rings. The Morgan fingerprint density at radius 3 is 3.20 bits per heavy atom. The lowest BCUT2D eigenvalue weighted by Gasteiger charge is -2.17. The van der Waals surface area contributed by atoms with E-state index >= 15 is 0 Å². The summed E-state index contributed by atoms with van der Waals surface area (Å²) in [5, 5.41) is 0. The van der Waals surface area contributed by atoms with Crippen molar-refractivity contribution in [2.45, 2.75) is 6.42 Å². The average Bonchev–Trinajstić information content (AvgIpc) is 2.36. The highest BCUT2D eigenvalue weighted by Crippen LogP contribution is 2.35. The van der Waals surface area contributed by atoms with Gasteiger partial charge in [-0.3, -0.25) is 4.79 Å². The highest BCUT2D eigenvalue weighted by atomic mass is 32.2. The second-order valence-electron chi connectivity index (χ2n) is 2.94. The number of ketones is 1. The van der Waals surface area contributed by atoms with Gasteiger partial charge in [0.25, 0.3) is 0 Å². The standard InChI is InChI=1S/C8H10OS/c9-8-3-1-2-6-4-10-5-7(6)8/h1,3,6-7H,2,4-5H2/t6?,7-/m1/s1. The minimum Gasteiger partial charge on any atom is -0.295 e. The number of fused-ring (bicyclic) bond motifs is 1. The molecule has 2 atom stereocenters. The Balaban J connectivity index is 2.20. The molecular formula is C8H10OS. The van der Waals surface area contributed by atoms with Gasteiger partial charge in [-0.15, -0.1) is 0 Å². The molecule has 1 fully saturated rings. The van der Waals surface area contributed by atoms with Gasteiger partial charge in [0, 0.05) is 11.7 Å². The van der Waals surface area contributed by atoms with E-state index < -0.39 is 0 Å². The molecule has 2 heteroatoms. The van der Waals surface area contributed by atoms with E-state index in [1.165, 1.54) is 5.75 Å². The molecule has 2 rings (SSSR count). The number of carbonyl (C=O) groups excluding carboxylic acids is 1. The quantitative estimate of drug-likeness (QED) is 0.526. The van der Waals surface area contributed by atoms with Crippen molar-refractivity contribution in [1.29, 1.82) is 0 Å². The van der Waals surface area contributed by atoms with Crippen LogP contribution in [-0.4, -0.2) is 17.3 Å². The summed E-state index contributed by atoms with van der Waals surface area (Å²) in [4.78, 5) is 11.2.